The van der Waals surface area contributed by atoms with Crippen molar-refractivity contribution in [3.05, 3.63) is 88.1 Å². The average Bonchev–Trinajstić information content (AvgIpc) is 2.66. The van der Waals surface area contributed by atoms with Crippen molar-refractivity contribution in [1.82, 2.24) is 4.90 Å². The molecule has 0 saturated heterocycles. The smallest absolute Gasteiger partial charge is 0.272 e. The highest BCUT2D eigenvalue weighted by molar-refractivity contribution is 9.12. The molecule has 0 fully saturated rings. The van der Waals surface area contributed by atoms with E-state index in [1.54, 1.807) is 18.0 Å². The minimum absolute atomic E-state index is 0.273. The number of halogens is 5. The average molecular weight is 454 g/mol. The molecule has 0 saturated carbocycles. The Morgan fingerprint density at radius 3 is 2.29 bits per heavy atom. The van der Waals surface area contributed by atoms with Crippen LogP contribution in [0.5, 0.6) is 5.75 Å². The maximum absolute atomic E-state index is 14.9. The zero-order chi connectivity index (χ0) is 20.4. The number of rotatable bonds is 5. The van der Waals surface area contributed by atoms with Gasteiger partial charge in [0, 0.05) is 34.9 Å². The van der Waals surface area contributed by atoms with Crippen molar-refractivity contribution >= 4 is 27.2 Å². The monoisotopic (exact) mass is 453 g/mol. The van der Waals surface area contributed by atoms with Crippen molar-refractivity contribution in [3.8, 4) is 5.75 Å². The molecule has 0 atom stereocenters. The molecule has 1 aliphatic rings. The lowest BCUT2D eigenvalue weighted by Crippen LogP contribution is -2.22. The lowest BCUT2D eigenvalue weighted by Gasteiger charge is -2.31. The van der Waals surface area contributed by atoms with Crippen molar-refractivity contribution in [2.45, 2.75) is 6.43 Å². The summed E-state index contributed by atoms with van der Waals surface area (Å²) in [6, 6.07) is 10.9. The minimum Gasteiger partial charge on any atom is -0.487 e. The van der Waals surface area contributed by atoms with E-state index in [9.17, 15) is 17.6 Å². The molecule has 7 heteroatoms. The predicted octanol–water partition coefficient (Wildman–Crippen LogP) is 6.21. The van der Waals surface area contributed by atoms with Gasteiger partial charge < -0.3 is 9.64 Å². The van der Waals surface area contributed by atoms with E-state index in [2.05, 4.69) is 22.5 Å². The van der Waals surface area contributed by atoms with E-state index in [0.717, 1.165) is 17.7 Å². The second-order valence-electron chi connectivity index (χ2n) is 6.09. The number of hydrogen-bond acceptors (Lipinski definition) is 2. The Balaban J connectivity index is 2.19. The van der Waals surface area contributed by atoms with E-state index in [1.807, 2.05) is 30.3 Å². The van der Waals surface area contributed by atoms with Crippen LogP contribution in [-0.4, -0.2) is 25.0 Å². The third kappa shape index (κ3) is 3.99. The van der Waals surface area contributed by atoms with E-state index < -0.39 is 24.7 Å². The Bertz CT molecular complexity index is 947. The Morgan fingerprint density at radius 2 is 1.71 bits per heavy atom. The van der Waals surface area contributed by atoms with Gasteiger partial charge in [-0.3, -0.25) is 0 Å². The zero-order valence-electron chi connectivity index (χ0n) is 14.9. The van der Waals surface area contributed by atoms with Crippen molar-refractivity contribution < 1.29 is 22.3 Å². The summed E-state index contributed by atoms with van der Waals surface area (Å²) in [5.74, 6) is -2.13. The number of allylic oxidation sites excluding steroid dienone is 3. The minimum atomic E-state index is -2.74. The lowest BCUT2D eigenvalue weighted by atomic mass is 9.94. The molecular weight excluding hydrogens is 438 g/mol. The van der Waals surface area contributed by atoms with Crippen LogP contribution in [-0.2, 0) is 0 Å². The summed E-state index contributed by atoms with van der Waals surface area (Å²) in [4.78, 5) is 1.58. The summed E-state index contributed by atoms with van der Waals surface area (Å²) in [6.07, 6.45) is -0.999. The summed E-state index contributed by atoms with van der Waals surface area (Å²) in [7, 11) is 1.65. The van der Waals surface area contributed by atoms with Gasteiger partial charge in [0.05, 0.1) is 11.3 Å². The molecule has 0 aromatic heterocycles. The van der Waals surface area contributed by atoms with Crippen LogP contribution in [0.4, 0.5) is 17.6 Å². The predicted molar refractivity (Wildman–Crippen MR) is 105 cm³/mol. The summed E-state index contributed by atoms with van der Waals surface area (Å²) in [5, 5.41) is 0. The molecule has 2 nitrogen and oxygen atoms in total. The Morgan fingerprint density at radius 1 is 1.11 bits per heavy atom. The fourth-order valence-corrected chi connectivity index (χ4v) is 3.41. The van der Waals surface area contributed by atoms with Gasteiger partial charge in [0.2, 0.25) is 0 Å². The van der Waals surface area contributed by atoms with Crippen molar-refractivity contribution in [1.29, 1.82) is 0 Å². The van der Waals surface area contributed by atoms with E-state index >= 15 is 0 Å². The van der Waals surface area contributed by atoms with Crippen LogP contribution < -0.4 is 4.74 Å². The molecular formula is C21H16BrF4NO. The first-order valence-electron chi connectivity index (χ1n) is 8.30. The fourth-order valence-electron chi connectivity index (χ4n) is 2.91. The highest BCUT2D eigenvalue weighted by atomic mass is 79.9. The van der Waals surface area contributed by atoms with Crippen LogP contribution in [0.2, 0.25) is 0 Å². The fraction of sp³-hybridized carbons (Fsp3) is 0.143. The van der Waals surface area contributed by atoms with Gasteiger partial charge in [-0.25, -0.2) is 17.6 Å². The Hall–Kier alpha value is -2.54. The molecule has 2 aromatic rings. The normalized spacial score (nSPS) is 14.6. The van der Waals surface area contributed by atoms with Crippen molar-refractivity contribution in [2.24, 2.45) is 0 Å². The molecule has 0 aliphatic carbocycles. The molecule has 28 heavy (non-hydrogen) atoms. The molecule has 146 valence electrons. The first-order chi connectivity index (χ1) is 13.3. The van der Waals surface area contributed by atoms with Gasteiger partial charge in [-0.15, -0.1) is 0 Å². The molecule has 1 aliphatic heterocycles. The second kappa shape index (κ2) is 8.22. The van der Waals surface area contributed by atoms with Crippen molar-refractivity contribution in [3.63, 3.8) is 0 Å². The molecule has 0 spiro atoms. The van der Waals surface area contributed by atoms with Crippen LogP contribution >= 0.6 is 15.9 Å². The number of benzene rings is 2. The van der Waals surface area contributed by atoms with Crippen molar-refractivity contribution in [2.75, 3.05) is 13.7 Å². The molecule has 2 aromatic carbocycles. The molecule has 0 amide bonds. The molecule has 0 N–H and O–H groups in total. The van der Waals surface area contributed by atoms with E-state index in [0.29, 0.717) is 15.8 Å². The highest BCUT2D eigenvalue weighted by Crippen LogP contribution is 2.42. The standard InChI is InChI=1S/C21H16BrF4NO/c1-12-16(22)10-15(13-6-4-3-5-7-13)21(27(12)2)20-17(23)8-14(9-18(20)24)28-11-19(25)26/h3-10,19H,1,11H2,2H3. The van der Waals surface area contributed by atoms with E-state index in [4.69, 9.17) is 4.74 Å². The molecule has 0 bridgehead atoms. The SMILES string of the molecule is C=C1C(Br)=CC(c2ccccc2)=C(c2c(F)cc(OCC(F)F)cc2F)N1C. The summed E-state index contributed by atoms with van der Waals surface area (Å²) in [5.41, 5.74) is 1.84. The van der Waals surface area contributed by atoms with E-state index in [1.165, 1.54) is 0 Å². The van der Waals surface area contributed by atoms with Gasteiger partial charge >= 0.3 is 0 Å². The lowest BCUT2D eigenvalue weighted by molar-refractivity contribution is 0.0815. The van der Waals surface area contributed by atoms with Gasteiger partial charge in [-0.1, -0.05) is 36.9 Å². The summed E-state index contributed by atoms with van der Waals surface area (Å²) >= 11 is 3.42. The second-order valence-corrected chi connectivity index (χ2v) is 6.94. The third-order valence-electron chi connectivity index (χ3n) is 4.26. The summed E-state index contributed by atoms with van der Waals surface area (Å²) < 4.78 is 59.8. The van der Waals surface area contributed by atoms with Crippen LogP contribution in [0.15, 0.2) is 65.3 Å². The zero-order valence-corrected chi connectivity index (χ0v) is 16.4. The highest BCUT2D eigenvalue weighted by Gasteiger charge is 2.28. The van der Waals surface area contributed by atoms with Crippen LogP contribution in [0.25, 0.3) is 11.3 Å². The maximum Gasteiger partial charge on any atom is 0.272 e. The van der Waals surface area contributed by atoms with Gasteiger partial charge in [0.15, 0.2) is 0 Å². The molecule has 0 unspecified atom stereocenters. The first kappa shape index (κ1) is 20.2. The Kier molecular flexibility index (Phi) is 5.93. The van der Waals surface area contributed by atoms with Crippen LogP contribution in [0.3, 0.4) is 0 Å². The van der Waals surface area contributed by atoms with Gasteiger partial charge in [-0.05, 0) is 27.6 Å². The number of hydrogen-bond donors (Lipinski definition) is 0. The van der Waals surface area contributed by atoms with Crippen LogP contribution in [0, 0.1) is 11.6 Å². The molecule has 0 radical (unpaired) electrons. The topological polar surface area (TPSA) is 12.5 Å². The maximum atomic E-state index is 14.9. The number of likely N-dealkylation sites (N-methyl/N-ethyl adjacent to an activating group) is 1. The molecule has 3 rings (SSSR count). The quantitative estimate of drug-likeness (QED) is 0.498. The largest absolute Gasteiger partial charge is 0.487 e. The number of ether oxygens (including phenoxy) is 1. The van der Waals surface area contributed by atoms with Gasteiger partial charge in [0.1, 0.15) is 24.0 Å². The number of alkyl halides is 2. The van der Waals surface area contributed by atoms with Crippen LogP contribution in [0.1, 0.15) is 11.1 Å². The molecule has 1 heterocycles. The Labute approximate surface area is 168 Å². The van der Waals surface area contributed by atoms with Gasteiger partial charge in [-0.2, -0.15) is 0 Å². The number of nitrogens with zero attached hydrogens (tertiary/aromatic N) is 1. The van der Waals surface area contributed by atoms with Gasteiger partial charge in [0.25, 0.3) is 6.43 Å². The first-order valence-corrected chi connectivity index (χ1v) is 9.09. The summed E-state index contributed by atoms with van der Waals surface area (Å²) in [6.45, 7) is 2.99. The third-order valence-corrected chi connectivity index (χ3v) is 4.94. The van der Waals surface area contributed by atoms with E-state index in [-0.39, 0.29) is 17.0 Å².